The molecule has 0 radical (unpaired) electrons. The van der Waals surface area contributed by atoms with Gasteiger partial charge >= 0.3 is 0 Å². The lowest BCUT2D eigenvalue weighted by Crippen LogP contribution is -2.44. The molecule has 0 aromatic heterocycles. The van der Waals surface area contributed by atoms with Crippen LogP contribution in [0.3, 0.4) is 0 Å². The first-order valence-electron chi connectivity index (χ1n) is 8.66. The zero-order valence-electron chi connectivity index (χ0n) is 13.4. The predicted octanol–water partition coefficient (Wildman–Crippen LogP) is 3.81. The Bertz CT molecular complexity index is 246. The van der Waals surface area contributed by atoms with Crippen molar-refractivity contribution in [2.45, 2.75) is 84.2 Å². The van der Waals surface area contributed by atoms with Gasteiger partial charge in [-0.1, -0.05) is 26.7 Å². The standard InChI is InChI=1S/C17H34N2/c1-4-17(5-2)10-13-19(14-11-17)15(3)7-6-12-18-16-8-9-16/h15-16,18H,4-14H2,1-3H3. The molecule has 2 rings (SSSR count). The third kappa shape index (κ3) is 4.46. The Morgan fingerprint density at radius 3 is 2.32 bits per heavy atom. The number of nitrogens with zero attached hydrogens (tertiary/aromatic N) is 1. The predicted molar refractivity (Wildman–Crippen MR) is 83.5 cm³/mol. The van der Waals surface area contributed by atoms with E-state index in [0.717, 1.165) is 12.1 Å². The molecule has 2 aliphatic rings. The molecule has 1 saturated heterocycles. The maximum absolute atomic E-state index is 3.63. The largest absolute Gasteiger partial charge is 0.314 e. The molecule has 0 aromatic carbocycles. The van der Waals surface area contributed by atoms with E-state index in [1.54, 1.807) is 0 Å². The van der Waals surface area contributed by atoms with Crippen molar-refractivity contribution in [3.63, 3.8) is 0 Å². The Morgan fingerprint density at radius 2 is 1.79 bits per heavy atom. The molecular weight excluding hydrogens is 232 g/mol. The second kappa shape index (κ2) is 7.08. The second-order valence-corrected chi connectivity index (χ2v) is 6.96. The number of likely N-dealkylation sites (tertiary alicyclic amines) is 1. The van der Waals surface area contributed by atoms with Gasteiger partial charge in [-0.3, -0.25) is 0 Å². The van der Waals surface area contributed by atoms with Gasteiger partial charge in [-0.15, -0.1) is 0 Å². The molecule has 0 bridgehead atoms. The van der Waals surface area contributed by atoms with Gasteiger partial charge in [-0.2, -0.15) is 0 Å². The van der Waals surface area contributed by atoms with E-state index in [1.807, 2.05) is 0 Å². The lowest BCUT2D eigenvalue weighted by molar-refractivity contribution is 0.0680. The van der Waals surface area contributed by atoms with E-state index in [9.17, 15) is 0 Å². The van der Waals surface area contributed by atoms with Crippen LogP contribution < -0.4 is 5.32 Å². The Labute approximate surface area is 120 Å². The molecule has 19 heavy (non-hydrogen) atoms. The summed E-state index contributed by atoms with van der Waals surface area (Å²) in [6, 6.07) is 1.66. The Morgan fingerprint density at radius 1 is 1.16 bits per heavy atom. The van der Waals surface area contributed by atoms with Crippen LogP contribution in [-0.2, 0) is 0 Å². The van der Waals surface area contributed by atoms with E-state index in [2.05, 4.69) is 31.0 Å². The third-order valence-corrected chi connectivity index (χ3v) is 5.79. The summed E-state index contributed by atoms with van der Waals surface area (Å²) in [6.07, 6.45) is 11.1. The molecule has 1 aliphatic heterocycles. The molecule has 1 N–H and O–H groups in total. The van der Waals surface area contributed by atoms with Crippen molar-refractivity contribution < 1.29 is 0 Å². The van der Waals surface area contributed by atoms with E-state index < -0.39 is 0 Å². The highest BCUT2D eigenvalue weighted by atomic mass is 15.2. The molecule has 0 aromatic rings. The maximum Gasteiger partial charge on any atom is 0.00682 e. The molecule has 1 unspecified atom stereocenters. The van der Waals surface area contributed by atoms with Gasteiger partial charge in [-0.25, -0.2) is 0 Å². The summed E-state index contributed by atoms with van der Waals surface area (Å²) in [5, 5.41) is 3.63. The summed E-state index contributed by atoms with van der Waals surface area (Å²) in [5.41, 5.74) is 0.670. The monoisotopic (exact) mass is 266 g/mol. The van der Waals surface area contributed by atoms with Gasteiger partial charge in [0.2, 0.25) is 0 Å². The first-order valence-corrected chi connectivity index (χ1v) is 8.66. The Kier molecular flexibility index (Phi) is 5.70. The van der Waals surface area contributed by atoms with Crippen molar-refractivity contribution in [3.8, 4) is 0 Å². The Hall–Kier alpha value is -0.0800. The van der Waals surface area contributed by atoms with Crippen LogP contribution in [-0.4, -0.2) is 36.6 Å². The molecule has 0 amide bonds. The third-order valence-electron chi connectivity index (χ3n) is 5.79. The molecular formula is C17H34N2. The minimum atomic E-state index is 0.670. The summed E-state index contributed by atoms with van der Waals surface area (Å²) in [5.74, 6) is 0. The average Bonchev–Trinajstić information content (AvgIpc) is 3.27. The molecule has 2 heteroatoms. The highest BCUT2D eigenvalue weighted by Crippen LogP contribution is 2.38. The van der Waals surface area contributed by atoms with Crippen molar-refractivity contribution in [2.75, 3.05) is 19.6 Å². The zero-order valence-corrected chi connectivity index (χ0v) is 13.4. The van der Waals surface area contributed by atoms with Gasteiger partial charge in [0, 0.05) is 12.1 Å². The average molecular weight is 266 g/mol. The van der Waals surface area contributed by atoms with E-state index in [-0.39, 0.29) is 0 Å². The van der Waals surface area contributed by atoms with Crippen molar-refractivity contribution in [1.29, 1.82) is 0 Å². The molecule has 0 spiro atoms. The van der Waals surface area contributed by atoms with Gasteiger partial charge in [0.1, 0.15) is 0 Å². The summed E-state index contributed by atoms with van der Waals surface area (Å²) in [7, 11) is 0. The molecule has 1 aliphatic carbocycles. The van der Waals surface area contributed by atoms with Crippen molar-refractivity contribution in [1.82, 2.24) is 10.2 Å². The van der Waals surface area contributed by atoms with Crippen LogP contribution >= 0.6 is 0 Å². The molecule has 2 fully saturated rings. The van der Waals surface area contributed by atoms with Crippen LogP contribution in [0.4, 0.5) is 0 Å². The minimum absolute atomic E-state index is 0.670. The maximum atomic E-state index is 3.63. The van der Waals surface area contributed by atoms with Crippen LogP contribution in [0.2, 0.25) is 0 Å². The van der Waals surface area contributed by atoms with Crippen LogP contribution in [0.15, 0.2) is 0 Å². The van der Waals surface area contributed by atoms with Crippen LogP contribution in [0.5, 0.6) is 0 Å². The number of hydrogen-bond donors (Lipinski definition) is 1. The van der Waals surface area contributed by atoms with Crippen LogP contribution in [0.1, 0.15) is 72.1 Å². The summed E-state index contributed by atoms with van der Waals surface area (Å²) in [4.78, 5) is 2.74. The summed E-state index contributed by atoms with van der Waals surface area (Å²) in [6.45, 7) is 11.1. The number of piperidine rings is 1. The first-order chi connectivity index (χ1) is 9.19. The van der Waals surface area contributed by atoms with Gasteiger partial charge in [0.05, 0.1) is 0 Å². The molecule has 112 valence electrons. The first kappa shape index (κ1) is 15.3. The van der Waals surface area contributed by atoms with Gasteiger partial charge in [-0.05, 0) is 70.5 Å². The molecule has 1 saturated carbocycles. The molecule has 1 atom stereocenters. The molecule has 1 heterocycles. The summed E-state index contributed by atoms with van der Waals surface area (Å²) < 4.78 is 0. The van der Waals surface area contributed by atoms with Crippen molar-refractivity contribution in [3.05, 3.63) is 0 Å². The highest BCUT2D eigenvalue weighted by Gasteiger charge is 2.32. The topological polar surface area (TPSA) is 15.3 Å². The summed E-state index contributed by atoms with van der Waals surface area (Å²) >= 11 is 0. The number of nitrogens with one attached hydrogen (secondary N) is 1. The fraction of sp³-hybridized carbons (Fsp3) is 1.00. The van der Waals surface area contributed by atoms with E-state index >= 15 is 0 Å². The minimum Gasteiger partial charge on any atom is -0.314 e. The smallest absolute Gasteiger partial charge is 0.00682 e. The normalized spacial score (nSPS) is 25.4. The number of hydrogen-bond acceptors (Lipinski definition) is 2. The van der Waals surface area contributed by atoms with Gasteiger partial charge < -0.3 is 10.2 Å². The van der Waals surface area contributed by atoms with Crippen LogP contribution in [0.25, 0.3) is 0 Å². The van der Waals surface area contributed by atoms with Gasteiger partial charge in [0.25, 0.3) is 0 Å². The van der Waals surface area contributed by atoms with E-state index in [1.165, 1.54) is 71.0 Å². The highest BCUT2D eigenvalue weighted by molar-refractivity contribution is 4.86. The fourth-order valence-corrected chi connectivity index (χ4v) is 3.57. The van der Waals surface area contributed by atoms with Crippen molar-refractivity contribution in [2.24, 2.45) is 5.41 Å². The number of rotatable bonds is 8. The molecule has 2 nitrogen and oxygen atoms in total. The van der Waals surface area contributed by atoms with E-state index in [0.29, 0.717) is 5.41 Å². The Balaban J connectivity index is 1.62. The van der Waals surface area contributed by atoms with Crippen molar-refractivity contribution >= 4 is 0 Å². The quantitative estimate of drug-likeness (QED) is 0.672. The fourth-order valence-electron chi connectivity index (χ4n) is 3.57. The van der Waals surface area contributed by atoms with E-state index in [4.69, 9.17) is 0 Å². The zero-order chi connectivity index (χ0) is 13.7. The lowest BCUT2D eigenvalue weighted by Gasteiger charge is -2.43. The SMILES string of the molecule is CCC1(CC)CCN(C(C)CCCNC2CC2)CC1. The second-order valence-electron chi connectivity index (χ2n) is 6.96. The van der Waals surface area contributed by atoms with Gasteiger partial charge in [0.15, 0.2) is 0 Å². The lowest BCUT2D eigenvalue weighted by atomic mass is 9.74. The van der Waals surface area contributed by atoms with Crippen LogP contribution in [0, 0.1) is 5.41 Å².